The molecule has 2 aromatic heterocycles. The number of rotatable bonds is 7. The molecule has 0 spiro atoms. The summed E-state index contributed by atoms with van der Waals surface area (Å²) >= 11 is 6.85. The van der Waals surface area contributed by atoms with E-state index >= 15 is 0 Å². The maximum atomic E-state index is 13.0. The van der Waals surface area contributed by atoms with E-state index in [1.807, 2.05) is 24.3 Å². The molecule has 2 N–H and O–H groups in total. The van der Waals surface area contributed by atoms with Crippen molar-refractivity contribution in [3.8, 4) is 0 Å². The number of hydrogen-bond acceptors (Lipinski definition) is 7. The lowest BCUT2D eigenvalue weighted by molar-refractivity contribution is 0.387. The van der Waals surface area contributed by atoms with Crippen LogP contribution in [-0.4, -0.2) is 33.9 Å². The summed E-state index contributed by atoms with van der Waals surface area (Å²) in [6.07, 6.45) is 4.68. The van der Waals surface area contributed by atoms with Crippen LogP contribution in [0, 0.1) is 0 Å². The third kappa shape index (κ3) is 5.28. The van der Waals surface area contributed by atoms with Crippen molar-refractivity contribution < 1.29 is 16.8 Å². The van der Waals surface area contributed by atoms with Gasteiger partial charge in [0.2, 0.25) is 19.9 Å². The lowest BCUT2D eigenvalue weighted by Crippen LogP contribution is -2.39. The second-order valence-corrected chi connectivity index (χ2v) is 14.4. The highest BCUT2D eigenvalue weighted by Gasteiger charge is 2.29. The van der Waals surface area contributed by atoms with E-state index in [0.717, 1.165) is 40.8 Å². The first-order valence-corrected chi connectivity index (χ1v) is 15.6. The number of nitrogens with one attached hydrogen (secondary N) is 2. The summed E-state index contributed by atoms with van der Waals surface area (Å²) < 4.78 is 54.4. The third-order valence-corrected chi connectivity index (χ3v) is 11.8. The van der Waals surface area contributed by atoms with Crippen molar-refractivity contribution in [3.05, 3.63) is 77.9 Å². The molecule has 36 heavy (non-hydrogen) atoms. The fourth-order valence-corrected chi connectivity index (χ4v) is 9.09. The van der Waals surface area contributed by atoms with Crippen LogP contribution in [0.1, 0.15) is 25.7 Å². The molecule has 1 saturated carbocycles. The van der Waals surface area contributed by atoms with Crippen molar-refractivity contribution in [1.29, 1.82) is 0 Å². The van der Waals surface area contributed by atoms with Gasteiger partial charge in [0.1, 0.15) is 8.42 Å². The van der Waals surface area contributed by atoms with Crippen LogP contribution in [-0.2, 0) is 19.9 Å². The molecule has 0 saturated heterocycles. The molecule has 188 valence electrons. The van der Waals surface area contributed by atoms with E-state index in [1.165, 1.54) is 24.3 Å². The Morgan fingerprint density at radius 2 is 1.53 bits per heavy atom. The highest BCUT2D eigenvalue weighted by molar-refractivity contribution is 7.95. The molecule has 5 rings (SSSR count). The Labute approximate surface area is 219 Å². The summed E-state index contributed by atoms with van der Waals surface area (Å²) in [5, 5.41) is 5.19. The monoisotopic (exact) mass is 561 g/mol. The molecular weight excluding hydrogens is 538 g/mol. The molecule has 1 fully saturated rings. The number of sulfone groups is 1. The number of fused-ring (bicyclic) bond motifs is 1. The number of sulfonamides is 1. The van der Waals surface area contributed by atoms with E-state index in [1.54, 1.807) is 24.4 Å². The molecule has 2 heterocycles. The first-order valence-electron chi connectivity index (χ1n) is 11.5. The number of nitrogens with zero attached hydrogens (tertiary/aromatic N) is 1. The number of pyridine rings is 1. The van der Waals surface area contributed by atoms with E-state index in [-0.39, 0.29) is 25.4 Å². The average Bonchev–Trinajstić information content (AvgIpc) is 3.38. The van der Waals surface area contributed by atoms with Crippen LogP contribution < -0.4 is 10.0 Å². The third-order valence-electron chi connectivity index (χ3n) is 6.25. The van der Waals surface area contributed by atoms with Gasteiger partial charge in [-0.1, -0.05) is 29.8 Å². The number of hydrogen-bond donors (Lipinski definition) is 2. The van der Waals surface area contributed by atoms with Gasteiger partial charge >= 0.3 is 0 Å². The summed E-state index contributed by atoms with van der Waals surface area (Å²) in [5.74, 6) is 0. The Balaban J connectivity index is 1.22. The Morgan fingerprint density at radius 3 is 2.28 bits per heavy atom. The van der Waals surface area contributed by atoms with Crippen molar-refractivity contribution in [2.24, 2.45) is 0 Å². The molecule has 1 aliphatic rings. The van der Waals surface area contributed by atoms with Gasteiger partial charge in [-0.2, -0.15) is 0 Å². The zero-order valence-electron chi connectivity index (χ0n) is 19.1. The van der Waals surface area contributed by atoms with E-state index < -0.39 is 19.9 Å². The molecule has 0 atom stereocenters. The zero-order chi connectivity index (χ0) is 25.3. The van der Waals surface area contributed by atoms with Crippen molar-refractivity contribution >= 4 is 59.4 Å². The van der Waals surface area contributed by atoms with Gasteiger partial charge in [-0.15, -0.1) is 11.3 Å². The second kappa shape index (κ2) is 10.1. The molecule has 0 bridgehead atoms. The summed E-state index contributed by atoms with van der Waals surface area (Å²) in [7, 11) is -7.59. The minimum absolute atomic E-state index is 0.000768. The molecule has 0 amide bonds. The SMILES string of the molecule is O=S(=O)(NC1CCC(Nc2ccnc3cc(Cl)ccc23)CC1)c1ccc(S(=O)(=O)c2ccccc2)s1. The van der Waals surface area contributed by atoms with Crippen LogP contribution in [0.3, 0.4) is 0 Å². The smallest absolute Gasteiger partial charge is 0.250 e. The molecule has 7 nitrogen and oxygen atoms in total. The minimum atomic E-state index is -3.83. The van der Waals surface area contributed by atoms with Crippen LogP contribution in [0.2, 0.25) is 5.02 Å². The van der Waals surface area contributed by atoms with Gasteiger partial charge in [0.05, 0.1) is 10.4 Å². The summed E-state index contributed by atoms with van der Waals surface area (Å²) in [4.78, 5) is 4.51. The topological polar surface area (TPSA) is 105 Å². The van der Waals surface area contributed by atoms with Crippen LogP contribution in [0.5, 0.6) is 0 Å². The Hall–Kier alpha value is -2.50. The van der Waals surface area contributed by atoms with Crippen LogP contribution in [0.4, 0.5) is 5.69 Å². The highest BCUT2D eigenvalue weighted by atomic mass is 35.5. The minimum Gasteiger partial charge on any atom is -0.382 e. The van der Waals surface area contributed by atoms with Crippen molar-refractivity contribution in [2.75, 3.05) is 5.32 Å². The number of thiophene rings is 1. The number of aromatic nitrogens is 1. The zero-order valence-corrected chi connectivity index (χ0v) is 22.3. The van der Waals surface area contributed by atoms with Gasteiger partial charge in [0.15, 0.2) is 0 Å². The standard InChI is InChI=1S/C25H24ClN3O4S3/c26-17-6-11-21-22(14-15-27-23(21)16-17)28-18-7-9-19(10-8-18)29-36(32,33)25-13-12-24(34-25)35(30,31)20-4-2-1-3-5-20/h1-6,11-16,18-19,29H,7-10H2,(H,27,28). The maximum absolute atomic E-state index is 13.0. The van der Waals surface area contributed by atoms with Gasteiger partial charge in [0.25, 0.3) is 0 Å². The fourth-order valence-electron chi connectivity index (χ4n) is 4.41. The molecule has 0 radical (unpaired) electrons. The van der Waals surface area contributed by atoms with E-state index in [4.69, 9.17) is 11.6 Å². The summed E-state index contributed by atoms with van der Waals surface area (Å²) in [6.45, 7) is 0. The Kier molecular flexibility index (Phi) is 7.06. The predicted octanol–water partition coefficient (Wildman–Crippen LogP) is 5.48. The quantitative estimate of drug-likeness (QED) is 0.309. The molecule has 0 aliphatic heterocycles. The van der Waals surface area contributed by atoms with Crippen LogP contribution >= 0.6 is 22.9 Å². The first kappa shape index (κ1) is 25.2. The first-order chi connectivity index (χ1) is 17.2. The average molecular weight is 562 g/mol. The van der Waals surface area contributed by atoms with E-state index in [0.29, 0.717) is 17.9 Å². The molecule has 2 aromatic carbocycles. The van der Waals surface area contributed by atoms with E-state index in [2.05, 4.69) is 15.0 Å². The predicted molar refractivity (Wildman–Crippen MR) is 143 cm³/mol. The van der Waals surface area contributed by atoms with Gasteiger partial charge in [-0.25, -0.2) is 21.6 Å². The number of anilines is 1. The Bertz CT molecular complexity index is 1600. The normalized spacial score (nSPS) is 18.8. The van der Waals surface area contributed by atoms with Gasteiger partial charge < -0.3 is 5.32 Å². The van der Waals surface area contributed by atoms with Gasteiger partial charge in [0, 0.05) is 34.4 Å². The highest BCUT2D eigenvalue weighted by Crippen LogP contribution is 2.32. The van der Waals surface area contributed by atoms with Gasteiger partial charge in [-0.3, -0.25) is 4.98 Å². The lowest BCUT2D eigenvalue weighted by atomic mass is 9.91. The summed E-state index contributed by atoms with van der Waals surface area (Å²) in [5.41, 5.74) is 1.80. The Morgan fingerprint density at radius 1 is 0.833 bits per heavy atom. The second-order valence-electron chi connectivity index (χ2n) is 8.72. The molecule has 4 aromatic rings. The van der Waals surface area contributed by atoms with E-state index in [9.17, 15) is 16.8 Å². The largest absolute Gasteiger partial charge is 0.382 e. The summed E-state index contributed by atoms with van der Waals surface area (Å²) in [6, 6.07) is 18.2. The van der Waals surface area contributed by atoms with Crippen LogP contribution in [0.15, 0.2) is 86.2 Å². The van der Waals surface area contributed by atoms with Crippen LogP contribution in [0.25, 0.3) is 10.9 Å². The molecular formula is C25H24ClN3O4S3. The number of halogens is 1. The lowest BCUT2D eigenvalue weighted by Gasteiger charge is -2.30. The number of benzene rings is 2. The van der Waals surface area contributed by atoms with Crippen molar-refractivity contribution in [1.82, 2.24) is 9.71 Å². The van der Waals surface area contributed by atoms with Gasteiger partial charge in [-0.05, 0) is 74.2 Å². The molecule has 0 unspecified atom stereocenters. The van der Waals surface area contributed by atoms with Crippen molar-refractivity contribution in [2.45, 2.75) is 51.1 Å². The maximum Gasteiger partial charge on any atom is 0.250 e. The van der Waals surface area contributed by atoms with Crippen molar-refractivity contribution in [3.63, 3.8) is 0 Å². The fraction of sp³-hybridized carbons (Fsp3) is 0.240. The molecule has 1 aliphatic carbocycles. The molecule has 11 heteroatoms.